The van der Waals surface area contributed by atoms with Gasteiger partial charge >= 0.3 is 0 Å². The third-order valence-electron chi connectivity index (χ3n) is 3.41. The minimum absolute atomic E-state index is 0.248. The Morgan fingerprint density at radius 3 is 2.33 bits per heavy atom. The van der Waals surface area contributed by atoms with Gasteiger partial charge in [0.15, 0.2) is 11.5 Å². The third-order valence-corrected chi connectivity index (χ3v) is 5.47. The number of ether oxygens (including phenoxy) is 2. The van der Waals surface area contributed by atoms with Crippen molar-refractivity contribution in [2.24, 2.45) is 0 Å². The molecule has 2 nitrogen and oxygen atoms in total. The molecule has 0 amide bonds. The summed E-state index contributed by atoms with van der Waals surface area (Å²) in [5.74, 6) is 1.51. The van der Waals surface area contributed by atoms with Crippen LogP contribution in [-0.4, -0.2) is 13.2 Å². The van der Waals surface area contributed by atoms with Crippen LogP contribution in [0.4, 0.5) is 0 Å². The molecule has 0 aromatic heterocycles. The highest BCUT2D eigenvalue weighted by Crippen LogP contribution is 2.42. The van der Waals surface area contributed by atoms with Crippen molar-refractivity contribution in [2.75, 3.05) is 13.2 Å². The second-order valence-corrected chi connectivity index (χ2v) is 7.03. The standard InChI is InChI=1S/C16H13Br2ClO2/c1-9-6-10(2-3-12(9)17)16(19)11-7-14-15(8-13(11)18)21-5-4-20-14/h2-3,6-8,16H,4-5H2,1H3. The van der Waals surface area contributed by atoms with Gasteiger partial charge in [-0.15, -0.1) is 11.6 Å². The summed E-state index contributed by atoms with van der Waals surface area (Å²) in [6.45, 7) is 3.20. The van der Waals surface area contributed by atoms with E-state index < -0.39 is 0 Å². The first kappa shape index (κ1) is 15.2. The number of alkyl halides is 1. The predicted octanol–water partition coefficient (Wildman–Crippen LogP) is 5.62. The Bertz CT molecular complexity index is 688. The van der Waals surface area contributed by atoms with Crippen molar-refractivity contribution in [2.45, 2.75) is 12.3 Å². The van der Waals surface area contributed by atoms with Crippen molar-refractivity contribution in [3.63, 3.8) is 0 Å². The molecular weight excluding hydrogens is 419 g/mol. The summed E-state index contributed by atoms with van der Waals surface area (Å²) in [4.78, 5) is 0. The normalized spacial score (nSPS) is 14.9. The van der Waals surface area contributed by atoms with Gasteiger partial charge in [-0.25, -0.2) is 0 Å². The highest BCUT2D eigenvalue weighted by molar-refractivity contribution is 9.10. The highest BCUT2D eigenvalue weighted by atomic mass is 79.9. The monoisotopic (exact) mass is 430 g/mol. The number of rotatable bonds is 2. The summed E-state index contributed by atoms with van der Waals surface area (Å²) < 4.78 is 13.2. The molecule has 1 aliphatic heterocycles. The molecule has 2 aromatic rings. The fourth-order valence-electron chi connectivity index (χ4n) is 2.28. The fraction of sp³-hybridized carbons (Fsp3) is 0.250. The van der Waals surface area contributed by atoms with Gasteiger partial charge in [-0.05, 0) is 41.8 Å². The SMILES string of the molecule is Cc1cc(C(Cl)c2cc3c(cc2Br)OCCO3)ccc1Br. The molecule has 0 N–H and O–H groups in total. The maximum atomic E-state index is 6.66. The van der Waals surface area contributed by atoms with Crippen LogP contribution in [0.5, 0.6) is 11.5 Å². The highest BCUT2D eigenvalue weighted by Gasteiger charge is 2.20. The smallest absolute Gasteiger partial charge is 0.162 e. The van der Waals surface area contributed by atoms with Crippen LogP contribution in [0, 0.1) is 6.92 Å². The van der Waals surface area contributed by atoms with Gasteiger partial charge in [-0.1, -0.05) is 44.0 Å². The van der Waals surface area contributed by atoms with Crippen LogP contribution in [-0.2, 0) is 0 Å². The lowest BCUT2D eigenvalue weighted by atomic mass is 10.0. The lowest BCUT2D eigenvalue weighted by Gasteiger charge is -2.21. The van der Waals surface area contributed by atoms with Crippen molar-refractivity contribution in [3.8, 4) is 11.5 Å². The fourth-order valence-corrected chi connectivity index (χ4v) is 3.53. The van der Waals surface area contributed by atoms with Crippen molar-refractivity contribution >= 4 is 43.5 Å². The number of hydrogen-bond acceptors (Lipinski definition) is 2. The summed E-state index contributed by atoms with van der Waals surface area (Å²) in [7, 11) is 0. The van der Waals surface area contributed by atoms with E-state index in [1.165, 1.54) is 0 Å². The van der Waals surface area contributed by atoms with Crippen LogP contribution in [0.1, 0.15) is 22.1 Å². The molecular formula is C16H13Br2ClO2. The molecule has 5 heteroatoms. The Kier molecular flexibility index (Phi) is 4.48. The van der Waals surface area contributed by atoms with E-state index in [1.807, 2.05) is 24.3 Å². The zero-order chi connectivity index (χ0) is 15.0. The Hall–Kier alpha value is -0.710. The molecule has 2 aromatic carbocycles. The molecule has 0 saturated heterocycles. The summed E-state index contributed by atoms with van der Waals surface area (Å²) in [5.41, 5.74) is 3.18. The number of hydrogen-bond donors (Lipinski definition) is 0. The number of halogens is 3. The van der Waals surface area contributed by atoms with Crippen molar-refractivity contribution < 1.29 is 9.47 Å². The first-order chi connectivity index (χ1) is 10.1. The summed E-state index contributed by atoms with van der Waals surface area (Å²) in [6, 6.07) is 10.0. The van der Waals surface area contributed by atoms with E-state index in [1.54, 1.807) is 0 Å². The lowest BCUT2D eigenvalue weighted by Crippen LogP contribution is -2.15. The summed E-state index contributed by atoms with van der Waals surface area (Å²) >= 11 is 13.7. The molecule has 0 aliphatic carbocycles. The average Bonchev–Trinajstić information content (AvgIpc) is 2.48. The van der Waals surface area contributed by atoms with Gasteiger partial charge in [0.1, 0.15) is 13.2 Å². The molecule has 1 aliphatic rings. The Morgan fingerprint density at radius 2 is 1.67 bits per heavy atom. The van der Waals surface area contributed by atoms with Gasteiger partial charge in [0.25, 0.3) is 0 Å². The first-order valence-electron chi connectivity index (χ1n) is 6.55. The molecule has 0 radical (unpaired) electrons. The predicted molar refractivity (Wildman–Crippen MR) is 91.7 cm³/mol. The van der Waals surface area contributed by atoms with Gasteiger partial charge in [0, 0.05) is 8.95 Å². The molecule has 0 bridgehead atoms. The molecule has 1 heterocycles. The van der Waals surface area contributed by atoms with Gasteiger partial charge in [-0.3, -0.25) is 0 Å². The molecule has 1 unspecified atom stereocenters. The van der Waals surface area contributed by atoms with Crippen LogP contribution >= 0.6 is 43.5 Å². The molecule has 110 valence electrons. The first-order valence-corrected chi connectivity index (χ1v) is 8.57. The molecule has 0 saturated carbocycles. The largest absolute Gasteiger partial charge is 0.486 e. The molecule has 21 heavy (non-hydrogen) atoms. The van der Waals surface area contributed by atoms with E-state index in [9.17, 15) is 0 Å². The van der Waals surface area contributed by atoms with Gasteiger partial charge < -0.3 is 9.47 Å². The average molecular weight is 433 g/mol. The second-order valence-electron chi connectivity index (χ2n) is 4.89. The summed E-state index contributed by atoms with van der Waals surface area (Å²) in [6.07, 6.45) is 0. The van der Waals surface area contributed by atoms with E-state index in [0.717, 1.165) is 37.1 Å². The Labute approximate surface area is 145 Å². The van der Waals surface area contributed by atoms with Crippen LogP contribution in [0.2, 0.25) is 0 Å². The lowest BCUT2D eigenvalue weighted by molar-refractivity contribution is 0.171. The zero-order valence-electron chi connectivity index (χ0n) is 11.3. The van der Waals surface area contributed by atoms with E-state index >= 15 is 0 Å². The van der Waals surface area contributed by atoms with Gasteiger partial charge in [0.05, 0.1) is 5.38 Å². The van der Waals surface area contributed by atoms with Crippen molar-refractivity contribution in [3.05, 3.63) is 56.0 Å². The molecule has 0 fully saturated rings. The Morgan fingerprint density at radius 1 is 1.00 bits per heavy atom. The van der Waals surface area contributed by atoms with Crippen molar-refractivity contribution in [1.82, 2.24) is 0 Å². The van der Waals surface area contributed by atoms with Crippen LogP contribution in [0.25, 0.3) is 0 Å². The quantitative estimate of drug-likeness (QED) is 0.574. The third kappa shape index (κ3) is 3.08. The van der Waals surface area contributed by atoms with Crippen LogP contribution in [0.15, 0.2) is 39.3 Å². The zero-order valence-corrected chi connectivity index (χ0v) is 15.3. The van der Waals surface area contributed by atoms with Crippen LogP contribution in [0.3, 0.4) is 0 Å². The summed E-state index contributed by atoms with van der Waals surface area (Å²) in [5, 5.41) is -0.248. The minimum Gasteiger partial charge on any atom is -0.486 e. The van der Waals surface area contributed by atoms with Gasteiger partial charge in [0.2, 0.25) is 0 Å². The second kappa shape index (κ2) is 6.19. The van der Waals surface area contributed by atoms with E-state index in [2.05, 4.69) is 44.8 Å². The molecule has 0 spiro atoms. The van der Waals surface area contributed by atoms with E-state index in [0.29, 0.717) is 13.2 Å². The number of fused-ring (bicyclic) bond motifs is 1. The number of benzene rings is 2. The number of aryl methyl sites for hydroxylation is 1. The van der Waals surface area contributed by atoms with Crippen LogP contribution < -0.4 is 9.47 Å². The topological polar surface area (TPSA) is 18.5 Å². The molecule has 1 atom stereocenters. The maximum absolute atomic E-state index is 6.66. The minimum atomic E-state index is -0.248. The van der Waals surface area contributed by atoms with Crippen molar-refractivity contribution in [1.29, 1.82) is 0 Å². The van der Waals surface area contributed by atoms with E-state index in [4.69, 9.17) is 21.1 Å². The Balaban J connectivity index is 2.00. The van der Waals surface area contributed by atoms with Gasteiger partial charge in [-0.2, -0.15) is 0 Å². The maximum Gasteiger partial charge on any atom is 0.162 e. The molecule has 3 rings (SSSR count). The van der Waals surface area contributed by atoms with E-state index in [-0.39, 0.29) is 5.38 Å².